The Hall–Kier alpha value is -1.36. The Balaban J connectivity index is 2.11. The molecule has 0 bridgehead atoms. The summed E-state index contributed by atoms with van der Waals surface area (Å²) in [6, 6.07) is 7.22. The van der Waals surface area contributed by atoms with E-state index in [9.17, 15) is 5.11 Å². The van der Waals surface area contributed by atoms with E-state index < -0.39 is 6.10 Å². The third kappa shape index (κ3) is 3.56. The first kappa shape index (κ1) is 14.1. The number of hydrogen-bond donors (Lipinski definition) is 1. The predicted octanol–water partition coefficient (Wildman–Crippen LogP) is 2.66. The average molecular weight is 282 g/mol. The van der Waals surface area contributed by atoms with Crippen LogP contribution in [0.1, 0.15) is 6.92 Å². The van der Waals surface area contributed by atoms with Crippen LogP contribution in [0.3, 0.4) is 0 Å². The van der Waals surface area contributed by atoms with Gasteiger partial charge in [0.2, 0.25) is 0 Å². The van der Waals surface area contributed by atoms with Crippen LogP contribution in [0.25, 0.3) is 10.9 Å². The molecule has 0 saturated heterocycles. The summed E-state index contributed by atoms with van der Waals surface area (Å²) in [5.74, 6) is 0.607. The molecule has 0 spiro atoms. The summed E-state index contributed by atoms with van der Waals surface area (Å²) in [7, 11) is 0. The number of halogens is 1. The second-order valence-corrected chi connectivity index (χ2v) is 4.48. The summed E-state index contributed by atoms with van der Waals surface area (Å²) < 4.78 is 10.7. The zero-order valence-electron chi connectivity index (χ0n) is 10.7. The molecule has 0 aliphatic heterocycles. The molecule has 4 nitrogen and oxygen atoms in total. The highest BCUT2D eigenvalue weighted by atomic mass is 35.5. The second-order valence-electron chi connectivity index (χ2n) is 4.07. The van der Waals surface area contributed by atoms with Crippen molar-refractivity contribution >= 4 is 22.5 Å². The van der Waals surface area contributed by atoms with Crippen LogP contribution < -0.4 is 4.74 Å². The van der Waals surface area contributed by atoms with Crippen LogP contribution in [-0.2, 0) is 4.74 Å². The monoisotopic (exact) mass is 281 g/mol. The zero-order valence-corrected chi connectivity index (χ0v) is 11.4. The molecule has 1 N–H and O–H groups in total. The van der Waals surface area contributed by atoms with E-state index in [0.29, 0.717) is 22.9 Å². The molecule has 0 aliphatic rings. The molecule has 102 valence electrons. The number of aliphatic hydroxyl groups excluding tert-OH is 1. The van der Waals surface area contributed by atoms with Crippen molar-refractivity contribution in [3.05, 3.63) is 35.5 Å². The molecule has 0 amide bonds. The minimum absolute atomic E-state index is 0.160. The van der Waals surface area contributed by atoms with E-state index in [0.717, 1.165) is 5.39 Å². The number of ether oxygens (including phenoxy) is 2. The molecule has 1 aromatic carbocycles. The number of aliphatic hydroxyl groups is 1. The van der Waals surface area contributed by atoms with Gasteiger partial charge in [0.25, 0.3) is 0 Å². The van der Waals surface area contributed by atoms with Gasteiger partial charge in [0.15, 0.2) is 0 Å². The van der Waals surface area contributed by atoms with E-state index >= 15 is 0 Å². The van der Waals surface area contributed by atoms with E-state index in [4.69, 9.17) is 21.1 Å². The van der Waals surface area contributed by atoms with Crippen molar-refractivity contribution in [2.24, 2.45) is 0 Å². The minimum Gasteiger partial charge on any atom is -0.489 e. The van der Waals surface area contributed by atoms with Crippen molar-refractivity contribution in [2.45, 2.75) is 13.0 Å². The molecular formula is C14H16ClNO3. The van der Waals surface area contributed by atoms with Crippen molar-refractivity contribution in [1.82, 2.24) is 4.98 Å². The van der Waals surface area contributed by atoms with Crippen molar-refractivity contribution in [2.75, 3.05) is 19.8 Å². The quantitative estimate of drug-likeness (QED) is 0.884. The van der Waals surface area contributed by atoms with Gasteiger partial charge in [0, 0.05) is 18.2 Å². The second kappa shape index (κ2) is 6.70. The average Bonchev–Trinajstić information content (AvgIpc) is 2.45. The SMILES string of the molecule is CCOC[C@@H](O)COc1ccc(Cl)c2cccnc12. The maximum absolute atomic E-state index is 9.67. The molecule has 2 aromatic rings. The number of fused-ring (bicyclic) bond motifs is 1. The van der Waals surface area contributed by atoms with Gasteiger partial charge in [-0.25, -0.2) is 0 Å². The van der Waals surface area contributed by atoms with Gasteiger partial charge < -0.3 is 14.6 Å². The van der Waals surface area contributed by atoms with Gasteiger partial charge in [-0.15, -0.1) is 0 Å². The number of nitrogens with zero attached hydrogens (tertiary/aromatic N) is 1. The van der Waals surface area contributed by atoms with Crippen molar-refractivity contribution in [3.63, 3.8) is 0 Å². The Morgan fingerprint density at radius 1 is 1.32 bits per heavy atom. The molecule has 0 unspecified atom stereocenters. The van der Waals surface area contributed by atoms with Crippen LogP contribution in [0.2, 0.25) is 5.02 Å². The molecule has 0 saturated carbocycles. The van der Waals surface area contributed by atoms with Gasteiger partial charge in [-0.3, -0.25) is 4.98 Å². The minimum atomic E-state index is -0.658. The molecule has 5 heteroatoms. The molecule has 1 aromatic heterocycles. The topological polar surface area (TPSA) is 51.6 Å². The fraction of sp³-hybridized carbons (Fsp3) is 0.357. The highest BCUT2D eigenvalue weighted by Crippen LogP contribution is 2.29. The predicted molar refractivity (Wildman–Crippen MR) is 74.7 cm³/mol. The van der Waals surface area contributed by atoms with Gasteiger partial charge in [-0.05, 0) is 31.2 Å². The van der Waals surface area contributed by atoms with Gasteiger partial charge in [0.05, 0.1) is 11.6 Å². The standard InChI is InChI=1S/C14H16ClNO3/c1-2-18-8-10(17)9-19-13-6-5-12(15)11-4-3-7-16-14(11)13/h3-7,10,17H,2,8-9H2,1H3/t10-/m1/s1. The Morgan fingerprint density at radius 2 is 2.16 bits per heavy atom. The van der Waals surface area contributed by atoms with E-state index in [2.05, 4.69) is 4.98 Å². The molecule has 0 aliphatic carbocycles. The first-order chi connectivity index (χ1) is 9.22. The molecular weight excluding hydrogens is 266 g/mol. The highest BCUT2D eigenvalue weighted by Gasteiger charge is 2.09. The van der Waals surface area contributed by atoms with Crippen molar-refractivity contribution in [1.29, 1.82) is 0 Å². The summed E-state index contributed by atoms with van der Waals surface area (Å²) in [4.78, 5) is 4.26. The van der Waals surface area contributed by atoms with E-state index in [1.54, 1.807) is 18.3 Å². The molecule has 1 heterocycles. The fourth-order valence-corrected chi connectivity index (χ4v) is 1.93. The van der Waals surface area contributed by atoms with Crippen LogP contribution in [-0.4, -0.2) is 36.0 Å². The third-order valence-corrected chi connectivity index (χ3v) is 2.95. The van der Waals surface area contributed by atoms with Crippen LogP contribution in [0, 0.1) is 0 Å². The maximum atomic E-state index is 9.67. The Bertz CT molecular complexity index is 547. The van der Waals surface area contributed by atoms with E-state index in [1.807, 2.05) is 19.1 Å². The third-order valence-electron chi connectivity index (χ3n) is 2.63. The zero-order chi connectivity index (χ0) is 13.7. The highest BCUT2D eigenvalue weighted by molar-refractivity contribution is 6.35. The summed E-state index contributed by atoms with van der Waals surface area (Å²) in [5, 5.41) is 11.1. The molecule has 0 radical (unpaired) electrons. The van der Waals surface area contributed by atoms with Crippen LogP contribution in [0.15, 0.2) is 30.5 Å². The summed E-state index contributed by atoms with van der Waals surface area (Å²) in [6.45, 7) is 2.87. The first-order valence-electron chi connectivity index (χ1n) is 6.14. The van der Waals surface area contributed by atoms with Crippen LogP contribution in [0.4, 0.5) is 0 Å². The number of rotatable bonds is 6. The van der Waals surface area contributed by atoms with Gasteiger partial charge in [-0.2, -0.15) is 0 Å². The number of aromatic nitrogens is 1. The Morgan fingerprint density at radius 3 is 2.95 bits per heavy atom. The number of benzene rings is 1. The Labute approximate surface area is 116 Å². The fourth-order valence-electron chi connectivity index (χ4n) is 1.72. The molecule has 1 atom stereocenters. The normalized spacial score (nSPS) is 12.6. The summed E-state index contributed by atoms with van der Waals surface area (Å²) in [5.41, 5.74) is 0.693. The largest absolute Gasteiger partial charge is 0.489 e. The van der Waals surface area contributed by atoms with E-state index in [-0.39, 0.29) is 13.2 Å². The molecule has 2 rings (SSSR count). The van der Waals surface area contributed by atoms with Crippen LogP contribution in [0.5, 0.6) is 5.75 Å². The van der Waals surface area contributed by atoms with Gasteiger partial charge in [0.1, 0.15) is 24.0 Å². The number of pyridine rings is 1. The molecule has 19 heavy (non-hydrogen) atoms. The summed E-state index contributed by atoms with van der Waals surface area (Å²) in [6.07, 6.45) is 1.02. The van der Waals surface area contributed by atoms with E-state index in [1.165, 1.54) is 0 Å². The molecule has 0 fully saturated rings. The first-order valence-corrected chi connectivity index (χ1v) is 6.52. The smallest absolute Gasteiger partial charge is 0.145 e. The number of hydrogen-bond acceptors (Lipinski definition) is 4. The summed E-state index contributed by atoms with van der Waals surface area (Å²) >= 11 is 6.10. The van der Waals surface area contributed by atoms with Crippen molar-refractivity contribution in [3.8, 4) is 5.75 Å². The van der Waals surface area contributed by atoms with Crippen LogP contribution >= 0.6 is 11.6 Å². The Kier molecular flexibility index (Phi) is 4.96. The lowest BCUT2D eigenvalue weighted by Gasteiger charge is -2.13. The lowest BCUT2D eigenvalue weighted by molar-refractivity contribution is 0.0167. The maximum Gasteiger partial charge on any atom is 0.145 e. The van der Waals surface area contributed by atoms with Crippen molar-refractivity contribution < 1.29 is 14.6 Å². The van der Waals surface area contributed by atoms with Gasteiger partial charge >= 0.3 is 0 Å². The van der Waals surface area contributed by atoms with Gasteiger partial charge in [-0.1, -0.05) is 11.6 Å². The lowest BCUT2D eigenvalue weighted by Crippen LogP contribution is -2.23. The lowest BCUT2D eigenvalue weighted by atomic mass is 10.2.